The topological polar surface area (TPSA) is 66.6 Å². The Morgan fingerprint density at radius 3 is 2.35 bits per heavy atom. The summed E-state index contributed by atoms with van der Waals surface area (Å²) in [5, 5.41) is 0. The second kappa shape index (κ2) is 9.53. The number of nitrogens with zero attached hydrogens (tertiary/aromatic N) is 2. The van der Waals surface area contributed by atoms with Gasteiger partial charge in [0.25, 0.3) is 0 Å². The van der Waals surface area contributed by atoms with Crippen molar-refractivity contribution in [3.8, 4) is 0 Å². The minimum Gasteiger partial charge on any atom is -0.368 e. The summed E-state index contributed by atoms with van der Waals surface area (Å²) in [5.41, 5.74) is 7.66. The van der Waals surface area contributed by atoms with Gasteiger partial charge in [-0.25, -0.2) is 0 Å². The molecule has 0 radical (unpaired) electrons. The van der Waals surface area contributed by atoms with E-state index in [9.17, 15) is 9.59 Å². The highest BCUT2D eigenvalue weighted by atomic mass is 79.9. The zero-order chi connectivity index (χ0) is 21.8. The second-order valence-corrected chi connectivity index (χ2v) is 9.81. The second-order valence-electron chi connectivity index (χ2n) is 8.89. The van der Waals surface area contributed by atoms with Crippen LogP contribution >= 0.6 is 15.9 Å². The maximum atomic E-state index is 13.5. The molecule has 0 bridgehead atoms. The molecule has 2 aromatic carbocycles. The number of aryl methyl sites for hydroxylation is 1. The Morgan fingerprint density at radius 1 is 1.03 bits per heavy atom. The van der Waals surface area contributed by atoms with E-state index in [0.29, 0.717) is 13.0 Å². The largest absolute Gasteiger partial charge is 0.368 e. The van der Waals surface area contributed by atoms with Crippen molar-refractivity contribution in [2.24, 2.45) is 11.1 Å². The fourth-order valence-electron chi connectivity index (χ4n) is 5.01. The van der Waals surface area contributed by atoms with E-state index < -0.39 is 17.4 Å². The standard InChI is InChI=1S/C25H30BrN3O2/c26-21-10-8-20(9-11-21)18-29-22(23(27)30)17-25(24(29)31)12-15-28(16-13-25)14-4-7-19-5-2-1-3-6-19/h1-3,5-6,8-11,22H,4,7,12-18H2,(H2,27,30)/t22-/m1/s1. The number of halogens is 1. The summed E-state index contributed by atoms with van der Waals surface area (Å²) in [5.74, 6) is -0.296. The van der Waals surface area contributed by atoms with Gasteiger partial charge in [0.1, 0.15) is 6.04 Å². The maximum Gasteiger partial charge on any atom is 0.240 e. The summed E-state index contributed by atoms with van der Waals surface area (Å²) < 4.78 is 0.992. The highest BCUT2D eigenvalue weighted by Gasteiger charge is 2.53. The van der Waals surface area contributed by atoms with E-state index in [1.807, 2.05) is 30.3 Å². The van der Waals surface area contributed by atoms with Gasteiger partial charge in [0.15, 0.2) is 0 Å². The van der Waals surface area contributed by atoms with Gasteiger partial charge in [0.2, 0.25) is 11.8 Å². The molecule has 2 fully saturated rings. The molecular formula is C25H30BrN3O2. The Bertz CT molecular complexity index is 908. The lowest BCUT2D eigenvalue weighted by Crippen LogP contribution is -2.45. The third-order valence-electron chi connectivity index (χ3n) is 6.87. The van der Waals surface area contributed by atoms with Crippen LogP contribution in [0.1, 0.15) is 36.8 Å². The first-order chi connectivity index (χ1) is 15.0. The van der Waals surface area contributed by atoms with Gasteiger partial charge in [-0.1, -0.05) is 58.4 Å². The number of nitrogens with two attached hydrogens (primary N) is 1. The lowest BCUT2D eigenvalue weighted by Gasteiger charge is -2.38. The van der Waals surface area contributed by atoms with Crippen molar-refractivity contribution < 1.29 is 9.59 Å². The third kappa shape index (κ3) is 5.01. The van der Waals surface area contributed by atoms with E-state index in [-0.39, 0.29) is 5.91 Å². The number of primary amides is 1. The normalized spacial score (nSPS) is 21.0. The van der Waals surface area contributed by atoms with E-state index in [1.165, 1.54) is 5.56 Å². The third-order valence-corrected chi connectivity index (χ3v) is 7.39. The Hall–Kier alpha value is -2.18. The molecule has 0 aromatic heterocycles. The van der Waals surface area contributed by atoms with Crippen LogP contribution < -0.4 is 5.73 Å². The summed E-state index contributed by atoms with van der Waals surface area (Å²) in [6.07, 6.45) is 4.35. The molecule has 31 heavy (non-hydrogen) atoms. The van der Waals surface area contributed by atoms with Crippen molar-refractivity contribution in [1.82, 2.24) is 9.80 Å². The van der Waals surface area contributed by atoms with Crippen LogP contribution in [-0.2, 0) is 22.6 Å². The van der Waals surface area contributed by atoms with Crippen LogP contribution in [-0.4, -0.2) is 47.3 Å². The van der Waals surface area contributed by atoms with Gasteiger partial charge in [-0.05, 0) is 75.0 Å². The zero-order valence-corrected chi connectivity index (χ0v) is 19.4. The minimum atomic E-state index is -0.513. The molecule has 0 saturated carbocycles. The lowest BCUT2D eigenvalue weighted by molar-refractivity contribution is -0.141. The summed E-state index contributed by atoms with van der Waals surface area (Å²) in [6, 6.07) is 17.9. The number of carbonyl (C=O) groups excluding carboxylic acids is 2. The number of amides is 2. The van der Waals surface area contributed by atoms with E-state index in [0.717, 1.165) is 55.4 Å². The van der Waals surface area contributed by atoms with Crippen LogP contribution in [0.5, 0.6) is 0 Å². The Labute approximate surface area is 192 Å². The van der Waals surface area contributed by atoms with Crippen molar-refractivity contribution in [2.45, 2.75) is 44.7 Å². The fraction of sp³-hybridized carbons (Fsp3) is 0.440. The van der Waals surface area contributed by atoms with Gasteiger partial charge in [0.05, 0.1) is 5.41 Å². The molecule has 0 aliphatic carbocycles. The summed E-state index contributed by atoms with van der Waals surface area (Å²) in [6.45, 7) is 3.28. The quantitative estimate of drug-likeness (QED) is 0.651. The SMILES string of the molecule is NC(=O)[C@H]1CC2(CCN(CCCc3ccccc3)CC2)C(=O)N1Cc1ccc(Br)cc1. The maximum absolute atomic E-state index is 13.5. The number of benzene rings is 2. The molecule has 2 aliphatic heterocycles. The molecule has 1 atom stereocenters. The summed E-state index contributed by atoms with van der Waals surface area (Å²) in [7, 11) is 0. The minimum absolute atomic E-state index is 0.100. The van der Waals surface area contributed by atoms with E-state index >= 15 is 0 Å². The van der Waals surface area contributed by atoms with Gasteiger partial charge >= 0.3 is 0 Å². The van der Waals surface area contributed by atoms with E-state index in [4.69, 9.17) is 5.73 Å². The molecule has 2 amide bonds. The first-order valence-electron chi connectivity index (χ1n) is 11.1. The molecule has 2 N–H and O–H groups in total. The highest BCUT2D eigenvalue weighted by molar-refractivity contribution is 9.10. The molecular weight excluding hydrogens is 454 g/mol. The smallest absolute Gasteiger partial charge is 0.240 e. The highest BCUT2D eigenvalue weighted by Crippen LogP contribution is 2.45. The monoisotopic (exact) mass is 483 g/mol. The van der Waals surface area contributed by atoms with Crippen LogP contribution in [0.25, 0.3) is 0 Å². The molecule has 2 saturated heterocycles. The fourth-order valence-corrected chi connectivity index (χ4v) is 5.27. The predicted molar refractivity (Wildman–Crippen MR) is 125 cm³/mol. The molecule has 0 unspecified atom stereocenters. The van der Waals surface area contributed by atoms with Crippen LogP contribution in [0.15, 0.2) is 59.1 Å². The van der Waals surface area contributed by atoms with Crippen LogP contribution in [0.4, 0.5) is 0 Å². The molecule has 1 spiro atoms. The van der Waals surface area contributed by atoms with Gasteiger partial charge in [-0.15, -0.1) is 0 Å². The Balaban J connectivity index is 1.36. The average Bonchev–Trinajstić information content (AvgIpc) is 3.04. The molecule has 164 valence electrons. The van der Waals surface area contributed by atoms with E-state index in [2.05, 4.69) is 45.1 Å². The number of piperidine rings is 1. The molecule has 2 aromatic rings. The van der Waals surface area contributed by atoms with Crippen molar-refractivity contribution in [1.29, 1.82) is 0 Å². The van der Waals surface area contributed by atoms with Gasteiger partial charge in [0, 0.05) is 11.0 Å². The summed E-state index contributed by atoms with van der Waals surface area (Å²) >= 11 is 3.44. The number of carbonyl (C=O) groups is 2. The van der Waals surface area contributed by atoms with Crippen LogP contribution in [0.3, 0.4) is 0 Å². The van der Waals surface area contributed by atoms with Crippen molar-refractivity contribution in [2.75, 3.05) is 19.6 Å². The lowest BCUT2D eigenvalue weighted by atomic mass is 9.76. The average molecular weight is 484 g/mol. The predicted octanol–water partition coefficient (Wildman–Crippen LogP) is 3.75. The van der Waals surface area contributed by atoms with Gasteiger partial charge in [-0.3, -0.25) is 9.59 Å². The molecule has 5 nitrogen and oxygen atoms in total. The number of rotatable bonds is 7. The first-order valence-corrected chi connectivity index (χ1v) is 11.9. The number of likely N-dealkylation sites (tertiary alicyclic amines) is 2. The number of hydrogen-bond donors (Lipinski definition) is 1. The molecule has 6 heteroatoms. The first kappa shape index (κ1) is 22.0. The molecule has 2 heterocycles. The van der Waals surface area contributed by atoms with Crippen molar-refractivity contribution in [3.05, 3.63) is 70.2 Å². The van der Waals surface area contributed by atoms with Gasteiger partial charge < -0.3 is 15.5 Å². The molecule has 2 aliphatic rings. The zero-order valence-electron chi connectivity index (χ0n) is 17.8. The van der Waals surface area contributed by atoms with E-state index in [1.54, 1.807) is 4.90 Å². The summed E-state index contributed by atoms with van der Waals surface area (Å²) in [4.78, 5) is 29.8. The molecule has 4 rings (SSSR count). The van der Waals surface area contributed by atoms with Crippen molar-refractivity contribution in [3.63, 3.8) is 0 Å². The Kier molecular flexibility index (Phi) is 6.77. The van der Waals surface area contributed by atoms with Gasteiger partial charge in [-0.2, -0.15) is 0 Å². The van der Waals surface area contributed by atoms with Crippen LogP contribution in [0.2, 0.25) is 0 Å². The number of hydrogen-bond acceptors (Lipinski definition) is 3. The Morgan fingerprint density at radius 2 is 1.71 bits per heavy atom. The van der Waals surface area contributed by atoms with Crippen LogP contribution in [0, 0.1) is 5.41 Å². The van der Waals surface area contributed by atoms with Crippen molar-refractivity contribution >= 4 is 27.7 Å².